The number of anilines is 1. The molecule has 6 heteroatoms. The van der Waals surface area contributed by atoms with Crippen molar-refractivity contribution in [2.75, 3.05) is 5.32 Å². The van der Waals surface area contributed by atoms with Crippen LogP contribution in [0, 0.1) is 10.1 Å². The van der Waals surface area contributed by atoms with Gasteiger partial charge in [-0.1, -0.05) is 6.07 Å². The molecule has 0 atom stereocenters. The lowest BCUT2D eigenvalue weighted by Crippen LogP contribution is -2.08. The molecule has 0 fully saturated rings. The van der Waals surface area contributed by atoms with Gasteiger partial charge in [0.2, 0.25) is 5.91 Å². The molecule has 1 rings (SSSR count). The number of amides is 1. The summed E-state index contributed by atoms with van der Waals surface area (Å²) < 4.78 is 0. The molecule has 0 unspecified atom stereocenters. The molecule has 0 saturated heterocycles. The van der Waals surface area contributed by atoms with Gasteiger partial charge in [-0.3, -0.25) is 14.9 Å². The molecule has 0 aliphatic rings. The van der Waals surface area contributed by atoms with E-state index in [9.17, 15) is 14.9 Å². The smallest absolute Gasteiger partial charge is 0.293 e. The van der Waals surface area contributed by atoms with Gasteiger partial charge in [0.05, 0.1) is 11.5 Å². The second-order valence-electron chi connectivity index (χ2n) is 2.95. The first kappa shape index (κ1) is 11.1. The van der Waals surface area contributed by atoms with E-state index in [1.165, 1.54) is 25.1 Å². The molecule has 0 aliphatic heterocycles. The molecule has 0 aliphatic carbocycles. The monoisotopic (exact) mass is 210 g/mol. The van der Waals surface area contributed by atoms with Crippen molar-refractivity contribution in [3.8, 4) is 0 Å². The van der Waals surface area contributed by atoms with Crippen LogP contribution in [0.15, 0.2) is 18.2 Å². The Hall–Kier alpha value is -1.95. The molecule has 0 bridgehead atoms. The van der Waals surface area contributed by atoms with Crippen LogP contribution >= 0.6 is 0 Å². The summed E-state index contributed by atoms with van der Waals surface area (Å²) in [6.45, 7) is 0.991. The summed E-state index contributed by atoms with van der Waals surface area (Å²) in [5.74, 6) is -0.380. The van der Waals surface area contributed by atoms with Crippen molar-refractivity contribution >= 4 is 17.3 Å². The number of nitrogens with zero attached hydrogens (tertiary/aromatic N) is 1. The first-order valence-corrected chi connectivity index (χ1v) is 4.20. The van der Waals surface area contributed by atoms with Gasteiger partial charge < -0.3 is 10.4 Å². The average molecular weight is 210 g/mol. The number of hydrogen-bond acceptors (Lipinski definition) is 4. The predicted molar refractivity (Wildman–Crippen MR) is 53.3 cm³/mol. The third kappa shape index (κ3) is 2.75. The number of nitro benzene ring substituents is 1. The number of benzene rings is 1. The van der Waals surface area contributed by atoms with E-state index in [4.69, 9.17) is 5.11 Å². The van der Waals surface area contributed by atoms with Crippen LogP contribution in [-0.4, -0.2) is 15.9 Å². The fourth-order valence-electron chi connectivity index (χ4n) is 1.12. The van der Waals surface area contributed by atoms with Gasteiger partial charge in [0.1, 0.15) is 5.69 Å². The summed E-state index contributed by atoms with van der Waals surface area (Å²) >= 11 is 0. The number of aliphatic hydroxyl groups excluding tert-OH is 1. The van der Waals surface area contributed by atoms with Gasteiger partial charge in [-0.25, -0.2) is 0 Å². The summed E-state index contributed by atoms with van der Waals surface area (Å²) in [7, 11) is 0. The van der Waals surface area contributed by atoms with Crippen LogP contribution < -0.4 is 5.32 Å². The predicted octanol–water partition coefficient (Wildman–Crippen LogP) is 1.05. The highest BCUT2D eigenvalue weighted by atomic mass is 16.6. The van der Waals surface area contributed by atoms with Crippen molar-refractivity contribution in [3.63, 3.8) is 0 Å². The molecule has 0 spiro atoms. The van der Waals surface area contributed by atoms with Crippen LogP contribution in [0.2, 0.25) is 0 Å². The van der Waals surface area contributed by atoms with Gasteiger partial charge >= 0.3 is 0 Å². The molecule has 0 radical (unpaired) electrons. The largest absolute Gasteiger partial charge is 0.392 e. The Balaban J connectivity index is 3.15. The number of aliphatic hydroxyl groups is 1. The molecule has 0 heterocycles. The lowest BCUT2D eigenvalue weighted by Gasteiger charge is -2.04. The summed E-state index contributed by atoms with van der Waals surface area (Å²) in [4.78, 5) is 20.8. The summed E-state index contributed by atoms with van der Waals surface area (Å²) in [5.41, 5.74) is 0.331. The molecule has 1 amide bonds. The minimum atomic E-state index is -0.607. The number of carbonyl (C=O) groups is 1. The van der Waals surface area contributed by atoms with Crippen LogP contribution in [0.1, 0.15) is 12.5 Å². The zero-order chi connectivity index (χ0) is 11.4. The molecule has 2 N–H and O–H groups in total. The first-order chi connectivity index (χ1) is 7.04. The Bertz CT molecular complexity index is 403. The number of carbonyl (C=O) groups excluding carboxylic acids is 1. The van der Waals surface area contributed by atoms with Gasteiger partial charge in [0, 0.05) is 13.0 Å². The molecule has 15 heavy (non-hydrogen) atoms. The van der Waals surface area contributed by atoms with Crippen molar-refractivity contribution in [1.29, 1.82) is 0 Å². The fourth-order valence-corrected chi connectivity index (χ4v) is 1.12. The van der Waals surface area contributed by atoms with Crippen molar-refractivity contribution in [2.45, 2.75) is 13.5 Å². The van der Waals surface area contributed by atoms with E-state index in [0.717, 1.165) is 0 Å². The zero-order valence-electron chi connectivity index (χ0n) is 8.06. The van der Waals surface area contributed by atoms with E-state index >= 15 is 0 Å². The number of nitrogens with one attached hydrogen (secondary N) is 1. The normalized spacial score (nSPS) is 9.73. The van der Waals surface area contributed by atoms with Crippen LogP contribution in [0.3, 0.4) is 0 Å². The van der Waals surface area contributed by atoms with Crippen molar-refractivity contribution in [2.24, 2.45) is 0 Å². The maximum absolute atomic E-state index is 10.8. The van der Waals surface area contributed by atoms with E-state index in [1.54, 1.807) is 0 Å². The Morgan fingerprint density at radius 3 is 2.73 bits per heavy atom. The van der Waals surface area contributed by atoms with E-state index in [1.807, 2.05) is 0 Å². The standard InChI is InChI=1S/C9H10N2O4/c1-6(13)10-8-3-2-7(5-12)4-9(8)11(14)15/h2-4,12H,5H2,1H3,(H,10,13). The fraction of sp³-hybridized carbons (Fsp3) is 0.222. The van der Waals surface area contributed by atoms with Gasteiger partial charge in [0.15, 0.2) is 0 Å². The highest BCUT2D eigenvalue weighted by Crippen LogP contribution is 2.25. The van der Waals surface area contributed by atoms with Crippen LogP contribution in [0.5, 0.6) is 0 Å². The van der Waals surface area contributed by atoms with Gasteiger partial charge in [-0.05, 0) is 11.6 Å². The second-order valence-corrected chi connectivity index (χ2v) is 2.95. The number of nitro groups is 1. The molecule has 80 valence electrons. The Morgan fingerprint density at radius 1 is 1.60 bits per heavy atom. The highest BCUT2D eigenvalue weighted by molar-refractivity contribution is 5.91. The quantitative estimate of drug-likeness (QED) is 0.576. The minimum absolute atomic E-state index is 0.129. The van der Waals surface area contributed by atoms with Crippen molar-refractivity contribution in [3.05, 3.63) is 33.9 Å². The van der Waals surface area contributed by atoms with E-state index in [-0.39, 0.29) is 23.9 Å². The van der Waals surface area contributed by atoms with Crippen molar-refractivity contribution in [1.82, 2.24) is 0 Å². The molecule has 6 nitrogen and oxygen atoms in total. The first-order valence-electron chi connectivity index (χ1n) is 4.20. The lowest BCUT2D eigenvalue weighted by molar-refractivity contribution is -0.384. The Morgan fingerprint density at radius 2 is 2.27 bits per heavy atom. The van der Waals surface area contributed by atoms with Gasteiger partial charge in [-0.2, -0.15) is 0 Å². The Labute approximate surface area is 85.7 Å². The average Bonchev–Trinajstić information content (AvgIpc) is 2.17. The minimum Gasteiger partial charge on any atom is -0.392 e. The van der Waals surface area contributed by atoms with E-state index in [2.05, 4.69) is 5.32 Å². The second kappa shape index (κ2) is 4.52. The molecule has 0 saturated carbocycles. The maximum Gasteiger partial charge on any atom is 0.293 e. The topological polar surface area (TPSA) is 92.5 Å². The number of rotatable bonds is 3. The highest BCUT2D eigenvalue weighted by Gasteiger charge is 2.14. The molecular formula is C9H10N2O4. The van der Waals surface area contributed by atoms with Gasteiger partial charge in [0.25, 0.3) is 5.69 Å². The number of hydrogen-bond donors (Lipinski definition) is 2. The summed E-state index contributed by atoms with van der Waals surface area (Å²) in [5, 5.41) is 21.8. The third-order valence-corrected chi connectivity index (χ3v) is 1.75. The van der Waals surface area contributed by atoms with Crippen LogP contribution in [-0.2, 0) is 11.4 Å². The summed E-state index contributed by atoms with van der Waals surface area (Å²) in [6.07, 6.45) is 0. The lowest BCUT2D eigenvalue weighted by atomic mass is 10.2. The van der Waals surface area contributed by atoms with E-state index in [0.29, 0.717) is 5.56 Å². The zero-order valence-corrected chi connectivity index (χ0v) is 8.06. The molecular weight excluding hydrogens is 200 g/mol. The Kier molecular flexibility index (Phi) is 3.35. The van der Waals surface area contributed by atoms with Gasteiger partial charge in [-0.15, -0.1) is 0 Å². The summed E-state index contributed by atoms with van der Waals surface area (Å²) in [6, 6.07) is 4.13. The maximum atomic E-state index is 10.8. The molecule has 1 aromatic rings. The van der Waals surface area contributed by atoms with Crippen molar-refractivity contribution < 1.29 is 14.8 Å². The SMILES string of the molecule is CC(=O)Nc1ccc(CO)cc1[N+](=O)[O-]. The van der Waals surface area contributed by atoms with Crippen LogP contribution in [0.25, 0.3) is 0 Å². The molecule has 0 aromatic heterocycles. The third-order valence-electron chi connectivity index (χ3n) is 1.75. The van der Waals surface area contributed by atoms with E-state index < -0.39 is 4.92 Å². The molecule has 1 aromatic carbocycles. The van der Waals surface area contributed by atoms with Crippen LogP contribution in [0.4, 0.5) is 11.4 Å².